The zero-order valence-electron chi connectivity index (χ0n) is 11.8. The van der Waals surface area contributed by atoms with Crippen LogP contribution in [0, 0.1) is 0 Å². The molecular formula is C16H14Cl2N2O2. The minimum Gasteiger partial charge on any atom is -0.332 e. The Kier molecular flexibility index (Phi) is 5.41. The molecule has 2 aromatic carbocycles. The first-order valence-electron chi connectivity index (χ1n) is 6.53. The van der Waals surface area contributed by atoms with Crippen molar-refractivity contribution in [2.75, 3.05) is 18.9 Å². The van der Waals surface area contributed by atoms with Gasteiger partial charge in [0, 0.05) is 12.6 Å². The van der Waals surface area contributed by atoms with Crippen LogP contribution in [-0.4, -0.2) is 30.3 Å². The second-order valence-electron chi connectivity index (χ2n) is 4.67. The van der Waals surface area contributed by atoms with Crippen molar-refractivity contribution in [3.05, 3.63) is 64.1 Å². The fourth-order valence-electron chi connectivity index (χ4n) is 1.88. The van der Waals surface area contributed by atoms with E-state index in [0.717, 1.165) is 0 Å². The highest BCUT2D eigenvalue weighted by atomic mass is 35.5. The molecule has 114 valence electrons. The predicted molar refractivity (Wildman–Crippen MR) is 88.5 cm³/mol. The van der Waals surface area contributed by atoms with Gasteiger partial charge in [-0.05, 0) is 24.3 Å². The van der Waals surface area contributed by atoms with Crippen LogP contribution in [0.1, 0.15) is 10.4 Å². The van der Waals surface area contributed by atoms with Crippen LogP contribution in [0.25, 0.3) is 0 Å². The van der Waals surface area contributed by atoms with E-state index in [2.05, 4.69) is 5.32 Å². The Morgan fingerprint density at radius 3 is 2.18 bits per heavy atom. The van der Waals surface area contributed by atoms with E-state index in [4.69, 9.17) is 23.2 Å². The van der Waals surface area contributed by atoms with Gasteiger partial charge in [-0.3, -0.25) is 9.59 Å². The van der Waals surface area contributed by atoms with Crippen LogP contribution < -0.4 is 5.32 Å². The maximum Gasteiger partial charge on any atom is 0.254 e. The van der Waals surface area contributed by atoms with Crippen molar-refractivity contribution in [2.45, 2.75) is 0 Å². The van der Waals surface area contributed by atoms with E-state index in [1.54, 1.807) is 49.5 Å². The normalized spacial score (nSPS) is 10.1. The van der Waals surface area contributed by atoms with Gasteiger partial charge in [-0.15, -0.1) is 0 Å². The van der Waals surface area contributed by atoms with Crippen molar-refractivity contribution in [3.63, 3.8) is 0 Å². The Morgan fingerprint density at radius 2 is 1.59 bits per heavy atom. The average molecular weight is 337 g/mol. The molecule has 0 unspecified atom stereocenters. The van der Waals surface area contributed by atoms with Gasteiger partial charge < -0.3 is 10.2 Å². The number of nitrogens with one attached hydrogen (secondary N) is 1. The Bertz CT molecular complexity index is 670. The molecule has 0 aliphatic rings. The van der Waals surface area contributed by atoms with Crippen LogP contribution in [0.3, 0.4) is 0 Å². The minimum absolute atomic E-state index is 0.102. The third-order valence-corrected chi connectivity index (χ3v) is 3.61. The van der Waals surface area contributed by atoms with Crippen molar-refractivity contribution >= 4 is 40.7 Å². The van der Waals surface area contributed by atoms with Gasteiger partial charge in [0.2, 0.25) is 5.91 Å². The molecule has 0 bridgehead atoms. The first-order valence-corrected chi connectivity index (χ1v) is 7.29. The van der Waals surface area contributed by atoms with Crippen molar-refractivity contribution in [3.8, 4) is 0 Å². The van der Waals surface area contributed by atoms with E-state index < -0.39 is 0 Å². The first kappa shape index (κ1) is 16.3. The number of benzene rings is 2. The molecular weight excluding hydrogens is 323 g/mol. The summed E-state index contributed by atoms with van der Waals surface area (Å²) in [5.41, 5.74) is 0.866. The highest BCUT2D eigenvalue weighted by Crippen LogP contribution is 2.29. The van der Waals surface area contributed by atoms with Gasteiger partial charge in [-0.2, -0.15) is 0 Å². The third kappa shape index (κ3) is 4.00. The molecule has 6 heteroatoms. The number of amides is 2. The second kappa shape index (κ2) is 7.29. The van der Waals surface area contributed by atoms with Gasteiger partial charge in [0.05, 0.1) is 22.3 Å². The number of carbonyl (C=O) groups excluding carboxylic acids is 2. The Hall–Kier alpha value is -2.04. The molecule has 0 saturated heterocycles. The lowest BCUT2D eigenvalue weighted by Crippen LogP contribution is -2.35. The van der Waals surface area contributed by atoms with Crippen molar-refractivity contribution in [1.82, 2.24) is 4.90 Å². The molecule has 0 fully saturated rings. The number of rotatable bonds is 4. The van der Waals surface area contributed by atoms with Gasteiger partial charge in [-0.25, -0.2) is 0 Å². The van der Waals surface area contributed by atoms with Gasteiger partial charge in [0.1, 0.15) is 0 Å². The van der Waals surface area contributed by atoms with Crippen molar-refractivity contribution in [1.29, 1.82) is 0 Å². The van der Waals surface area contributed by atoms with Crippen molar-refractivity contribution in [2.24, 2.45) is 0 Å². The summed E-state index contributed by atoms with van der Waals surface area (Å²) in [6.45, 7) is -0.102. The summed E-state index contributed by atoms with van der Waals surface area (Å²) < 4.78 is 0. The molecule has 0 aliphatic heterocycles. The number of likely N-dealkylation sites (N-methyl/N-ethyl adjacent to an activating group) is 1. The molecule has 4 nitrogen and oxygen atoms in total. The second-order valence-corrected chi connectivity index (χ2v) is 5.49. The van der Waals surface area contributed by atoms with E-state index >= 15 is 0 Å². The van der Waals surface area contributed by atoms with Gasteiger partial charge in [-0.1, -0.05) is 47.5 Å². The summed E-state index contributed by atoms with van der Waals surface area (Å²) in [5, 5.41) is 3.31. The lowest BCUT2D eigenvalue weighted by molar-refractivity contribution is -0.116. The van der Waals surface area contributed by atoms with Crippen LogP contribution in [0.15, 0.2) is 48.5 Å². The van der Waals surface area contributed by atoms with Gasteiger partial charge in [0.25, 0.3) is 5.91 Å². The number of nitrogens with zero attached hydrogens (tertiary/aromatic N) is 1. The summed E-state index contributed by atoms with van der Waals surface area (Å²) in [7, 11) is 1.56. The van der Waals surface area contributed by atoms with Crippen LogP contribution in [-0.2, 0) is 4.79 Å². The highest BCUT2D eigenvalue weighted by molar-refractivity contribution is 6.39. The highest BCUT2D eigenvalue weighted by Gasteiger charge is 2.16. The Labute approximate surface area is 138 Å². The quantitative estimate of drug-likeness (QED) is 0.925. The number of anilines is 1. The molecule has 0 aromatic heterocycles. The molecule has 0 atom stereocenters. The largest absolute Gasteiger partial charge is 0.332 e. The maximum absolute atomic E-state index is 12.2. The fraction of sp³-hybridized carbons (Fsp3) is 0.125. The Morgan fingerprint density at radius 1 is 1.00 bits per heavy atom. The van der Waals surface area contributed by atoms with E-state index in [9.17, 15) is 9.59 Å². The summed E-state index contributed by atoms with van der Waals surface area (Å²) in [6, 6.07) is 13.7. The lowest BCUT2D eigenvalue weighted by Gasteiger charge is -2.17. The van der Waals surface area contributed by atoms with Crippen LogP contribution in [0.4, 0.5) is 5.69 Å². The standard InChI is InChI=1S/C16H14Cl2N2O2/c1-20(16(22)11-6-3-2-4-7-11)10-14(21)19-15-12(17)8-5-9-13(15)18/h2-9H,10H2,1H3,(H,19,21). The molecule has 1 N–H and O–H groups in total. The topological polar surface area (TPSA) is 49.4 Å². The summed E-state index contributed by atoms with van der Waals surface area (Å²) in [4.78, 5) is 25.5. The molecule has 0 aliphatic carbocycles. The lowest BCUT2D eigenvalue weighted by atomic mass is 10.2. The van der Waals surface area contributed by atoms with Crippen LogP contribution in [0.5, 0.6) is 0 Å². The average Bonchev–Trinajstić information content (AvgIpc) is 2.51. The third-order valence-electron chi connectivity index (χ3n) is 2.98. The number of halogens is 2. The number of carbonyl (C=O) groups is 2. The van der Waals surface area contributed by atoms with E-state index in [1.807, 2.05) is 6.07 Å². The van der Waals surface area contributed by atoms with E-state index in [-0.39, 0.29) is 18.4 Å². The molecule has 2 rings (SSSR count). The maximum atomic E-state index is 12.2. The van der Waals surface area contributed by atoms with Gasteiger partial charge >= 0.3 is 0 Å². The van der Waals surface area contributed by atoms with Crippen LogP contribution in [0.2, 0.25) is 10.0 Å². The minimum atomic E-state index is -0.373. The summed E-state index contributed by atoms with van der Waals surface area (Å²) >= 11 is 12.0. The predicted octanol–water partition coefficient (Wildman–Crippen LogP) is 3.70. The first-order chi connectivity index (χ1) is 10.5. The molecule has 22 heavy (non-hydrogen) atoms. The Balaban J connectivity index is 2.01. The van der Waals surface area contributed by atoms with Crippen LogP contribution >= 0.6 is 23.2 Å². The molecule has 2 aromatic rings. The number of hydrogen-bond acceptors (Lipinski definition) is 2. The van der Waals surface area contributed by atoms with Gasteiger partial charge in [0.15, 0.2) is 0 Å². The van der Waals surface area contributed by atoms with E-state index in [0.29, 0.717) is 21.3 Å². The van der Waals surface area contributed by atoms with E-state index in [1.165, 1.54) is 4.90 Å². The molecule has 0 heterocycles. The molecule has 0 saturated carbocycles. The SMILES string of the molecule is CN(CC(=O)Nc1c(Cl)cccc1Cl)C(=O)c1ccccc1. The smallest absolute Gasteiger partial charge is 0.254 e. The number of hydrogen-bond donors (Lipinski definition) is 1. The summed E-state index contributed by atoms with van der Waals surface area (Å²) in [5.74, 6) is -0.609. The van der Waals surface area contributed by atoms with Crippen molar-refractivity contribution < 1.29 is 9.59 Å². The fourth-order valence-corrected chi connectivity index (χ4v) is 2.38. The zero-order chi connectivity index (χ0) is 16.1. The monoisotopic (exact) mass is 336 g/mol. The number of para-hydroxylation sites is 1. The molecule has 0 radical (unpaired) electrons. The molecule has 2 amide bonds. The zero-order valence-corrected chi connectivity index (χ0v) is 13.4. The summed E-state index contributed by atoms with van der Waals surface area (Å²) in [6.07, 6.45) is 0. The molecule has 0 spiro atoms.